The summed E-state index contributed by atoms with van der Waals surface area (Å²) in [5.74, 6) is 0.387. The summed E-state index contributed by atoms with van der Waals surface area (Å²) in [7, 11) is 1.52. The zero-order valence-corrected chi connectivity index (χ0v) is 15.5. The van der Waals surface area contributed by atoms with Crippen molar-refractivity contribution < 1.29 is 23.7 Å². The van der Waals surface area contributed by atoms with Crippen LogP contribution in [0.15, 0.2) is 54.6 Å². The van der Waals surface area contributed by atoms with E-state index in [-0.39, 0.29) is 18.9 Å². The van der Waals surface area contributed by atoms with Crippen LogP contribution in [0.25, 0.3) is 0 Å². The van der Waals surface area contributed by atoms with Gasteiger partial charge in [-0.2, -0.15) is 0 Å². The van der Waals surface area contributed by atoms with Gasteiger partial charge in [0.1, 0.15) is 19.1 Å². The molecule has 2 aromatic carbocycles. The molecule has 0 bridgehead atoms. The topological polar surface area (TPSA) is 54.0 Å². The Balaban J connectivity index is 1.93. The van der Waals surface area contributed by atoms with Gasteiger partial charge in [-0.15, -0.1) is 0 Å². The van der Waals surface area contributed by atoms with Gasteiger partial charge < -0.3 is 18.9 Å². The third-order valence-electron chi connectivity index (χ3n) is 3.59. The van der Waals surface area contributed by atoms with Gasteiger partial charge in [0, 0.05) is 13.5 Å². The lowest BCUT2D eigenvalue weighted by atomic mass is 10.1. The van der Waals surface area contributed by atoms with Crippen LogP contribution in [0.1, 0.15) is 25.0 Å². The molecule has 140 valence electrons. The van der Waals surface area contributed by atoms with E-state index in [1.54, 1.807) is 0 Å². The third kappa shape index (κ3) is 6.86. The molecule has 0 heterocycles. The summed E-state index contributed by atoms with van der Waals surface area (Å²) in [5, 5.41) is 0. The first-order valence-electron chi connectivity index (χ1n) is 8.65. The molecule has 5 nitrogen and oxygen atoms in total. The van der Waals surface area contributed by atoms with E-state index in [0.717, 1.165) is 16.9 Å². The number of hydrogen-bond donors (Lipinski definition) is 0. The van der Waals surface area contributed by atoms with E-state index in [0.29, 0.717) is 13.0 Å². The molecule has 2 aromatic rings. The zero-order chi connectivity index (χ0) is 18.8. The predicted octanol–water partition coefficient (Wildman–Crippen LogP) is 3.75. The Labute approximate surface area is 154 Å². The smallest absolute Gasteiger partial charge is 0.335 e. The molecule has 0 radical (unpaired) electrons. The van der Waals surface area contributed by atoms with Crippen molar-refractivity contribution in [2.75, 3.05) is 13.9 Å². The minimum Gasteiger partial charge on any atom is -0.489 e. The first-order valence-corrected chi connectivity index (χ1v) is 8.65. The maximum Gasteiger partial charge on any atom is 0.335 e. The van der Waals surface area contributed by atoms with Crippen LogP contribution >= 0.6 is 0 Å². The fraction of sp³-hybridized carbons (Fsp3) is 0.381. The van der Waals surface area contributed by atoms with Gasteiger partial charge in [-0.25, -0.2) is 4.79 Å². The molecule has 0 spiro atoms. The van der Waals surface area contributed by atoms with Gasteiger partial charge in [-0.1, -0.05) is 42.5 Å². The van der Waals surface area contributed by atoms with E-state index < -0.39 is 6.10 Å². The van der Waals surface area contributed by atoms with Crippen molar-refractivity contribution in [3.05, 3.63) is 65.7 Å². The van der Waals surface area contributed by atoms with E-state index in [1.807, 2.05) is 68.4 Å². The molecule has 0 aliphatic heterocycles. The number of methoxy groups -OCH3 is 1. The summed E-state index contributed by atoms with van der Waals surface area (Å²) in [4.78, 5) is 12.2. The molecule has 0 aliphatic rings. The van der Waals surface area contributed by atoms with Crippen LogP contribution in [0.5, 0.6) is 5.75 Å². The van der Waals surface area contributed by atoms with E-state index in [9.17, 15) is 4.79 Å². The van der Waals surface area contributed by atoms with Crippen LogP contribution in [0.2, 0.25) is 0 Å². The van der Waals surface area contributed by atoms with Crippen LogP contribution in [-0.4, -0.2) is 32.1 Å². The summed E-state index contributed by atoms with van der Waals surface area (Å²) in [5.41, 5.74) is 2.07. The van der Waals surface area contributed by atoms with Crippen molar-refractivity contribution in [3.8, 4) is 5.75 Å². The molecule has 2 rings (SSSR count). The Morgan fingerprint density at radius 3 is 2.27 bits per heavy atom. The molecule has 0 saturated heterocycles. The fourth-order valence-electron chi connectivity index (χ4n) is 2.35. The first kappa shape index (κ1) is 19.9. The monoisotopic (exact) mass is 358 g/mol. The largest absolute Gasteiger partial charge is 0.489 e. The second-order valence-corrected chi connectivity index (χ2v) is 6.17. The van der Waals surface area contributed by atoms with Gasteiger partial charge in [0.15, 0.2) is 6.10 Å². The summed E-state index contributed by atoms with van der Waals surface area (Å²) in [6.07, 6.45) is -0.480. The number of benzene rings is 2. The van der Waals surface area contributed by atoms with E-state index >= 15 is 0 Å². The Morgan fingerprint density at radius 1 is 0.962 bits per heavy atom. The van der Waals surface area contributed by atoms with Crippen molar-refractivity contribution in [2.45, 2.75) is 39.1 Å². The van der Waals surface area contributed by atoms with Crippen molar-refractivity contribution in [1.29, 1.82) is 0 Å². The molecule has 0 fully saturated rings. The number of hydrogen-bond acceptors (Lipinski definition) is 5. The van der Waals surface area contributed by atoms with Gasteiger partial charge in [0.2, 0.25) is 0 Å². The second-order valence-electron chi connectivity index (χ2n) is 6.17. The van der Waals surface area contributed by atoms with E-state index in [1.165, 1.54) is 7.11 Å². The van der Waals surface area contributed by atoms with Crippen molar-refractivity contribution in [1.82, 2.24) is 0 Å². The molecule has 0 aromatic heterocycles. The van der Waals surface area contributed by atoms with E-state index in [2.05, 4.69) is 0 Å². The summed E-state index contributed by atoms with van der Waals surface area (Å²) >= 11 is 0. The van der Waals surface area contributed by atoms with Crippen molar-refractivity contribution in [2.24, 2.45) is 0 Å². The summed E-state index contributed by atoms with van der Waals surface area (Å²) in [6, 6.07) is 17.6. The Hall–Kier alpha value is -2.37. The molecule has 5 heteroatoms. The maximum atomic E-state index is 12.2. The van der Waals surface area contributed by atoms with Crippen molar-refractivity contribution >= 4 is 5.97 Å². The number of carbonyl (C=O) groups is 1. The number of esters is 1. The van der Waals surface area contributed by atoms with Gasteiger partial charge >= 0.3 is 5.97 Å². The Kier molecular flexibility index (Phi) is 8.12. The first-order chi connectivity index (χ1) is 12.6. The molecule has 0 amide bonds. The number of rotatable bonds is 10. The minimum absolute atomic E-state index is 0.0378. The molecule has 0 aliphatic carbocycles. The van der Waals surface area contributed by atoms with Crippen LogP contribution < -0.4 is 4.74 Å². The summed E-state index contributed by atoms with van der Waals surface area (Å²) in [6.45, 7) is 4.17. The Morgan fingerprint density at radius 2 is 1.65 bits per heavy atom. The maximum absolute atomic E-state index is 12.2. The third-order valence-corrected chi connectivity index (χ3v) is 3.59. The van der Waals surface area contributed by atoms with Crippen molar-refractivity contribution in [3.63, 3.8) is 0 Å². The standard InChI is InChI=1S/C21H26O5/c1-16(2)26-21(22)20(25-15-23-3)13-17-9-11-19(12-10-17)24-14-18-7-5-4-6-8-18/h4-12,16,20H,13-15H2,1-3H3. The lowest BCUT2D eigenvalue weighted by Crippen LogP contribution is -2.31. The number of ether oxygens (including phenoxy) is 4. The van der Waals surface area contributed by atoms with Gasteiger partial charge in [0.25, 0.3) is 0 Å². The highest BCUT2D eigenvalue weighted by molar-refractivity contribution is 5.75. The molecular formula is C21H26O5. The number of carbonyl (C=O) groups excluding carboxylic acids is 1. The molecule has 1 unspecified atom stereocenters. The highest BCUT2D eigenvalue weighted by Crippen LogP contribution is 2.16. The van der Waals surface area contributed by atoms with Gasteiger partial charge in [-0.3, -0.25) is 0 Å². The van der Waals surface area contributed by atoms with E-state index in [4.69, 9.17) is 18.9 Å². The molecule has 26 heavy (non-hydrogen) atoms. The minimum atomic E-state index is -0.701. The van der Waals surface area contributed by atoms with Gasteiger partial charge in [0.05, 0.1) is 6.10 Å². The lowest BCUT2D eigenvalue weighted by molar-refractivity contribution is -0.168. The summed E-state index contributed by atoms with van der Waals surface area (Å²) < 4.78 is 21.4. The van der Waals surface area contributed by atoms with Crippen LogP contribution in [0, 0.1) is 0 Å². The highest BCUT2D eigenvalue weighted by Gasteiger charge is 2.22. The SMILES string of the molecule is COCOC(Cc1ccc(OCc2ccccc2)cc1)C(=O)OC(C)C. The average molecular weight is 358 g/mol. The second kappa shape index (κ2) is 10.6. The zero-order valence-electron chi connectivity index (χ0n) is 15.5. The normalized spacial score (nSPS) is 12.0. The fourth-order valence-corrected chi connectivity index (χ4v) is 2.35. The van der Waals surface area contributed by atoms with Crippen LogP contribution in [0.4, 0.5) is 0 Å². The molecular weight excluding hydrogens is 332 g/mol. The average Bonchev–Trinajstić information content (AvgIpc) is 2.64. The van der Waals surface area contributed by atoms with Crippen LogP contribution in [0.3, 0.4) is 0 Å². The quantitative estimate of drug-likeness (QED) is 0.478. The predicted molar refractivity (Wildman–Crippen MR) is 98.9 cm³/mol. The molecule has 0 saturated carbocycles. The molecule has 0 N–H and O–H groups in total. The van der Waals surface area contributed by atoms with Crippen LogP contribution in [-0.2, 0) is 32.0 Å². The Bertz CT molecular complexity index is 652. The molecule has 1 atom stereocenters. The van der Waals surface area contributed by atoms with Gasteiger partial charge in [-0.05, 0) is 37.1 Å². The lowest BCUT2D eigenvalue weighted by Gasteiger charge is -2.18. The highest BCUT2D eigenvalue weighted by atomic mass is 16.7.